The molecule has 2 atom stereocenters. The molecule has 0 aliphatic carbocycles. The summed E-state index contributed by atoms with van der Waals surface area (Å²) in [6.07, 6.45) is 1.90. The number of carbonyl (C=O) groups is 2. The van der Waals surface area contributed by atoms with E-state index in [1.54, 1.807) is 16.8 Å². The van der Waals surface area contributed by atoms with E-state index in [0.29, 0.717) is 25.1 Å². The number of fused-ring (bicyclic) bond motifs is 1. The number of urea groups is 1. The molecule has 124 valence electrons. The van der Waals surface area contributed by atoms with Crippen LogP contribution < -0.4 is 10.1 Å². The lowest BCUT2D eigenvalue weighted by atomic mass is 9.99. The Hall–Kier alpha value is -2.45. The molecule has 1 aromatic rings. The number of amides is 3. The van der Waals surface area contributed by atoms with E-state index < -0.39 is 6.61 Å². The highest BCUT2D eigenvalue weighted by Gasteiger charge is 2.41. The standard InChI is InChI=1S/C14H16F2N4O3/c1-19-10-4-5-20(7-9(10)18-14(19)22)12(21)8-2-3-11(17-6-8)23-13(15)16/h2-3,6,9-10,13H,4-5,7H2,1H3,(H,18,22)/t9-,10+/m1/s1. The van der Waals surface area contributed by atoms with E-state index in [1.165, 1.54) is 18.3 Å². The van der Waals surface area contributed by atoms with Crippen molar-refractivity contribution in [2.75, 3.05) is 20.1 Å². The van der Waals surface area contributed by atoms with E-state index in [2.05, 4.69) is 15.0 Å². The summed E-state index contributed by atoms with van der Waals surface area (Å²) >= 11 is 0. The number of rotatable bonds is 3. The summed E-state index contributed by atoms with van der Waals surface area (Å²) in [5.41, 5.74) is 0.294. The molecule has 2 saturated heterocycles. The molecular weight excluding hydrogens is 310 g/mol. The fraction of sp³-hybridized carbons (Fsp3) is 0.500. The Labute approximate surface area is 131 Å². The van der Waals surface area contributed by atoms with Gasteiger partial charge in [0.05, 0.1) is 17.6 Å². The Kier molecular flexibility index (Phi) is 4.01. The van der Waals surface area contributed by atoms with Gasteiger partial charge < -0.3 is 19.9 Å². The molecule has 2 fully saturated rings. The lowest BCUT2D eigenvalue weighted by Crippen LogP contribution is -2.52. The van der Waals surface area contributed by atoms with Gasteiger partial charge in [0, 0.05) is 32.4 Å². The van der Waals surface area contributed by atoms with Gasteiger partial charge in [-0.25, -0.2) is 9.78 Å². The van der Waals surface area contributed by atoms with Gasteiger partial charge in [0.15, 0.2) is 0 Å². The second kappa shape index (κ2) is 5.98. The molecule has 23 heavy (non-hydrogen) atoms. The van der Waals surface area contributed by atoms with Crippen molar-refractivity contribution in [2.24, 2.45) is 0 Å². The summed E-state index contributed by atoms with van der Waals surface area (Å²) in [5, 5.41) is 2.85. The maximum absolute atomic E-state index is 12.5. The van der Waals surface area contributed by atoms with E-state index in [0.717, 1.165) is 0 Å². The summed E-state index contributed by atoms with van der Waals surface area (Å²) in [7, 11) is 1.74. The highest BCUT2D eigenvalue weighted by atomic mass is 19.3. The van der Waals surface area contributed by atoms with Gasteiger partial charge in [-0.05, 0) is 12.5 Å². The Morgan fingerprint density at radius 1 is 1.48 bits per heavy atom. The van der Waals surface area contributed by atoms with Crippen molar-refractivity contribution in [2.45, 2.75) is 25.1 Å². The number of likely N-dealkylation sites (N-methyl/N-ethyl adjacent to an activating group) is 1. The zero-order valence-corrected chi connectivity index (χ0v) is 12.4. The predicted octanol–water partition coefficient (Wildman–Crippen LogP) is 0.921. The molecular formula is C14H16F2N4O3. The number of nitrogens with one attached hydrogen (secondary N) is 1. The van der Waals surface area contributed by atoms with Crippen molar-refractivity contribution in [1.82, 2.24) is 20.1 Å². The van der Waals surface area contributed by atoms with Crippen LogP contribution >= 0.6 is 0 Å². The number of halogens is 2. The fourth-order valence-electron chi connectivity index (χ4n) is 2.99. The second-order valence-corrected chi connectivity index (χ2v) is 5.54. The number of ether oxygens (including phenoxy) is 1. The van der Waals surface area contributed by atoms with Crippen LogP contribution in [0.25, 0.3) is 0 Å². The number of alkyl halides is 2. The largest absolute Gasteiger partial charge is 0.417 e. The van der Waals surface area contributed by atoms with Gasteiger partial charge in [0.1, 0.15) is 0 Å². The Bertz CT molecular complexity index is 611. The number of nitrogens with zero attached hydrogens (tertiary/aromatic N) is 3. The average Bonchev–Trinajstić information content (AvgIpc) is 2.81. The number of carbonyl (C=O) groups excluding carboxylic acids is 2. The van der Waals surface area contributed by atoms with Gasteiger partial charge in [-0.2, -0.15) is 8.78 Å². The third kappa shape index (κ3) is 3.03. The molecule has 1 aromatic heterocycles. The average molecular weight is 326 g/mol. The molecule has 0 aromatic carbocycles. The Morgan fingerprint density at radius 2 is 2.26 bits per heavy atom. The van der Waals surface area contributed by atoms with Crippen LogP contribution in [0.1, 0.15) is 16.8 Å². The minimum absolute atomic E-state index is 0.0893. The van der Waals surface area contributed by atoms with Gasteiger partial charge in [-0.15, -0.1) is 0 Å². The van der Waals surface area contributed by atoms with Gasteiger partial charge >= 0.3 is 12.6 Å². The number of likely N-dealkylation sites (tertiary alicyclic amines) is 1. The third-order valence-electron chi connectivity index (χ3n) is 4.18. The van der Waals surface area contributed by atoms with E-state index >= 15 is 0 Å². The van der Waals surface area contributed by atoms with Crippen molar-refractivity contribution in [1.29, 1.82) is 0 Å². The monoisotopic (exact) mass is 326 g/mol. The molecule has 0 bridgehead atoms. The van der Waals surface area contributed by atoms with Crippen molar-refractivity contribution in [3.8, 4) is 5.88 Å². The third-order valence-corrected chi connectivity index (χ3v) is 4.18. The zero-order chi connectivity index (χ0) is 16.6. The summed E-state index contributed by atoms with van der Waals surface area (Å²) in [6.45, 7) is -2.02. The molecule has 2 aliphatic heterocycles. The maximum atomic E-state index is 12.5. The molecule has 0 radical (unpaired) electrons. The maximum Gasteiger partial charge on any atom is 0.388 e. The Morgan fingerprint density at radius 3 is 2.91 bits per heavy atom. The highest BCUT2D eigenvalue weighted by Crippen LogP contribution is 2.22. The van der Waals surface area contributed by atoms with Crippen molar-refractivity contribution < 1.29 is 23.1 Å². The lowest BCUT2D eigenvalue weighted by Gasteiger charge is -2.35. The quantitative estimate of drug-likeness (QED) is 0.896. The van der Waals surface area contributed by atoms with Crippen molar-refractivity contribution in [3.63, 3.8) is 0 Å². The van der Waals surface area contributed by atoms with Crippen LogP contribution in [0.15, 0.2) is 18.3 Å². The summed E-state index contributed by atoms with van der Waals surface area (Å²) in [5.74, 6) is -0.483. The molecule has 0 spiro atoms. The molecule has 3 heterocycles. The fourth-order valence-corrected chi connectivity index (χ4v) is 2.99. The number of hydrogen-bond acceptors (Lipinski definition) is 4. The predicted molar refractivity (Wildman–Crippen MR) is 75.3 cm³/mol. The van der Waals surface area contributed by atoms with Crippen LogP contribution in [0.5, 0.6) is 5.88 Å². The van der Waals surface area contributed by atoms with Crippen LogP contribution in [0.3, 0.4) is 0 Å². The first kappa shape index (κ1) is 15.4. The van der Waals surface area contributed by atoms with E-state index in [1.807, 2.05) is 0 Å². The minimum Gasteiger partial charge on any atom is -0.417 e. The SMILES string of the molecule is CN1C(=O)N[C@@H]2CN(C(=O)c3ccc(OC(F)F)nc3)CC[C@@H]21. The normalized spacial score (nSPS) is 23.7. The van der Waals surface area contributed by atoms with Crippen LogP contribution in [-0.4, -0.2) is 65.6 Å². The van der Waals surface area contributed by atoms with E-state index in [4.69, 9.17) is 0 Å². The summed E-state index contributed by atoms with van der Waals surface area (Å²) in [4.78, 5) is 31.1. The van der Waals surface area contributed by atoms with E-state index in [-0.39, 0.29) is 29.9 Å². The van der Waals surface area contributed by atoms with Crippen LogP contribution in [0.2, 0.25) is 0 Å². The van der Waals surface area contributed by atoms with Gasteiger partial charge in [0.25, 0.3) is 5.91 Å². The smallest absolute Gasteiger partial charge is 0.388 e. The Balaban J connectivity index is 1.66. The second-order valence-electron chi connectivity index (χ2n) is 5.54. The first-order chi connectivity index (χ1) is 11.0. The number of hydrogen-bond donors (Lipinski definition) is 1. The molecule has 3 amide bonds. The van der Waals surface area contributed by atoms with Crippen LogP contribution in [-0.2, 0) is 0 Å². The van der Waals surface area contributed by atoms with Gasteiger partial charge in [-0.1, -0.05) is 0 Å². The first-order valence-electron chi connectivity index (χ1n) is 7.19. The molecule has 7 nitrogen and oxygen atoms in total. The van der Waals surface area contributed by atoms with Gasteiger partial charge in [0.2, 0.25) is 5.88 Å². The number of piperidine rings is 1. The molecule has 3 rings (SSSR count). The lowest BCUT2D eigenvalue weighted by molar-refractivity contribution is -0.0528. The number of pyridine rings is 1. The molecule has 0 saturated carbocycles. The van der Waals surface area contributed by atoms with Crippen molar-refractivity contribution in [3.05, 3.63) is 23.9 Å². The van der Waals surface area contributed by atoms with Crippen molar-refractivity contribution >= 4 is 11.9 Å². The highest BCUT2D eigenvalue weighted by molar-refractivity contribution is 5.94. The molecule has 2 aliphatic rings. The molecule has 1 N–H and O–H groups in total. The van der Waals surface area contributed by atoms with Crippen LogP contribution in [0, 0.1) is 0 Å². The summed E-state index contributed by atoms with van der Waals surface area (Å²) in [6, 6.07) is 2.49. The summed E-state index contributed by atoms with van der Waals surface area (Å²) < 4.78 is 28.3. The number of aromatic nitrogens is 1. The minimum atomic E-state index is -2.95. The topological polar surface area (TPSA) is 74.8 Å². The first-order valence-corrected chi connectivity index (χ1v) is 7.19. The van der Waals surface area contributed by atoms with Crippen LogP contribution in [0.4, 0.5) is 13.6 Å². The van der Waals surface area contributed by atoms with E-state index in [9.17, 15) is 18.4 Å². The molecule has 9 heteroatoms. The molecule has 0 unspecified atom stereocenters. The zero-order valence-electron chi connectivity index (χ0n) is 12.4. The van der Waals surface area contributed by atoms with Gasteiger partial charge in [-0.3, -0.25) is 4.79 Å².